The number of hydrogen-bond donors (Lipinski definition) is 5. The number of hydrogen-bond acceptors (Lipinski definition) is 8. The fourth-order valence-corrected chi connectivity index (χ4v) is 5.05. The molecule has 2 saturated heterocycles. The minimum absolute atomic E-state index is 0.0321. The summed E-state index contributed by atoms with van der Waals surface area (Å²) in [6, 6.07) is 0.327. The normalized spacial score (nSPS) is 32.8. The molecule has 2 aliphatic heterocycles. The van der Waals surface area contributed by atoms with Gasteiger partial charge in [0.1, 0.15) is 35.8 Å². The first kappa shape index (κ1) is 24.3. The number of rotatable bonds is 7. The van der Waals surface area contributed by atoms with Crippen molar-refractivity contribution in [1.82, 2.24) is 30.9 Å². The fourth-order valence-electron chi connectivity index (χ4n) is 4.18. The molecule has 1 saturated carbocycles. The Morgan fingerprint density at radius 1 is 1.00 bits per heavy atom. The van der Waals surface area contributed by atoms with Crippen molar-refractivity contribution in [1.29, 1.82) is 0 Å². The molecule has 0 radical (unpaired) electrons. The van der Waals surface area contributed by atoms with Gasteiger partial charge in [-0.3, -0.25) is 26.6 Å². The van der Waals surface area contributed by atoms with Crippen molar-refractivity contribution in [3.8, 4) is 0 Å². The Morgan fingerprint density at radius 3 is 2.03 bits per heavy atom. The lowest BCUT2D eigenvalue weighted by atomic mass is 9.95. The Labute approximate surface area is 176 Å². The van der Waals surface area contributed by atoms with Crippen molar-refractivity contribution < 1.29 is 26.7 Å². The minimum Gasteiger partial charge on any atom is -0.598 e. The molecule has 4 atom stereocenters. The summed E-state index contributed by atoms with van der Waals surface area (Å²) in [5.74, 6) is 0. The molecule has 0 amide bonds. The van der Waals surface area contributed by atoms with E-state index < -0.39 is 42.1 Å². The van der Waals surface area contributed by atoms with Crippen LogP contribution in [0.5, 0.6) is 0 Å². The maximum atomic E-state index is 12.6. The van der Waals surface area contributed by atoms with Crippen LogP contribution in [0, 0.1) is 0 Å². The van der Waals surface area contributed by atoms with E-state index in [4.69, 9.17) is 4.74 Å². The van der Waals surface area contributed by atoms with Gasteiger partial charge < -0.3 is 9.29 Å². The lowest BCUT2D eigenvalue weighted by Gasteiger charge is -2.43. The molecule has 9 nitrogen and oxygen atoms in total. The summed E-state index contributed by atoms with van der Waals surface area (Å²) in [6.07, 6.45) is 1.68. The van der Waals surface area contributed by atoms with Crippen LogP contribution in [0.15, 0.2) is 0 Å². The number of nitrogens with one attached hydrogen (secondary N) is 5. The van der Waals surface area contributed by atoms with E-state index in [1.165, 1.54) is 17.0 Å². The monoisotopic (exact) mass is 458 g/mol. The largest absolute Gasteiger partial charge is 0.598 e. The maximum absolute atomic E-state index is 12.6. The first-order valence-corrected chi connectivity index (χ1v) is 12.4. The molecule has 2 heterocycles. The highest BCUT2D eigenvalue weighted by atomic mass is 32.3. The maximum Gasteiger partial charge on any atom is 0.411 e. The van der Waals surface area contributed by atoms with Crippen molar-refractivity contribution in [2.45, 2.75) is 82.1 Å². The summed E-state index contributed by atoms with van der Waals surface area (Å²) in [7, 11) is -3.21. The molecule has 3 aliphatic rings. The highest BCUT2D eigenvalue weighted by molar-refractivity contribution is 7.94. The van der Waals surface area contributed by atoms with Crippen molar-refractivity contribution in [3.63, 3.8) is 0 Å². The topological polar surface area (TPSA) is 113 Å². The van der Waals surface area contributed by atoms with Crippen LogP contribution < -0.4 is 26.6 Å². The Hall–Kier alpha value is -0.380. The number of nitrogens with zero attached hydrogens (tertiary/aromatic N) is 1. The van der Waals surface area contributed by atoms with Crippen LogP contribution in [0.3, 0.4) is 0 Å². The van der Waals surface area contributed by atoms with Gasteiger partial charge in [0.25, 0.3) is 0 Å². The second kappa shape index (κ2) is 10.5. The summed E-state index contributed by atoms with van der Waals surface area (Å²) in [4.78, 5) is 0. The van der Waals surface area contributed by atoms with Gasteiger partial charge in [-0.2, -0.15) is 13.2 Å². The van der Waals surface area contributed by atoms with Crippen LogP contribution in [0.2, 0.25) is 0 Å². The van der Waals surface area contributed by atoms with E-state index >= 15 is 0 Å². The fraction of sp³-hybridized carbons (Fsp3) is 1.00. The van der Waals surface area contributed by atoms with E-state index in [-0.39, 0.29) is 6.04 Å². The van der Waals surface area contributed by atoms with Crippen LogP contribution in [-0.2, 0) is 19.3 Å². The minimum atomic E-state index is -4.41. The summed E-state index contributed by atoms with van der Waals surface area (Å²) in [5.41, 5.74) is 0. The number of sulfonamides is 1. The van der Waals surface area contributed by atoms with Crippen molar-refractivity contribution >= 4 is 10.4 Å². The molecular formula is C17H33F3N6O3S. The molecule has 13 heteroatoms. The Morgan fingerprint density at radius 2 is 1.53 bits per heavy atom. The molecule has 176 valence electrons. The molecule has 3 rings (SSSR count). The Bertz CT molecular complexity index is 582. The van der Waals surface area contributed by atoms with Gasteiger partial charge in [0.2, 0.25) is 0 Å². The predicted molar refractivity (Wildman–Crippen MR) is 105 cm³/mol. The second-order valence-electron chi connectivity index (χ2n) is 8.28. The summed E-state index contributed by atoms with van der Waals surface area (Å²) >= 11 is 0. The molecule has 4 unspecified atom stereocenters. The van der Waals surface area contributed by atoms with E-state index in [0.717, 1.165) is 25.7 Å². The van der Waals surface area contributed by atoms with Gasteiger partial charge in [-0.15, -0.1) is 4.31 Å². The Balaban J connectivity index is 1.54. The highest BCUT2D eigenvalue weighted by Gasteiger charge is 2.35. The molecule has 0 spiro atoms. The highest BCUT2D eigenvalue weighted by Crippen LogP contribution is 2.19. The van der Waals surface area contributed by atoms with Gasteiger partial charge in [-0.25, -0.2) is 0 Å². The molecule has 1 aliphatic carbocycles. The van der Waals surface area contributed by atoms with Crippen LogP contribution in [0.1, 0.15) is 44.9 Å². The zero-order chi connectivity index (χ0) is 21.8. The van der Waals surface area contributed by atoms with Crippen molar-refractivity contribution in [2.24, 2.45) is 0 Å². The third-order valence-corrected chi connectivity index (χ3v) is 7.02. The van der Waals surface area contributed by atoms with E-state index in [9.17, 15) is 21.9 Å². The zero-order valence-corrected chi connectivity index (χ0v) is 18.0. The van der Waals surface area contributed by atoms with Gasteiger partial charge in [0.05, 0.1) is 0 Å². The standard InChI is InChI=1S/C17H33F3N6O3S/c1-30(27,28)26-9-7-13(8-10-26)22-15-23-14(21-12-5-3-2-4-6-12)24-16(25-15)29-11-17(18,19)20/h12-16,21-25H,2-11H2,1H3. The number of halogens is 3. The quantitative estimate of drug-likeness (QED) is 0.348. The molecule has 5 N–H and O–H groups in total. The molecule has 3 fully saturated rings. The van der Waals surface area contributed by atoms with Crippen LogP contribution >= 0.6 is 0 Å². The average Bonchev–Trinajstić information content (AvgIpc) is 2.66. The summed E-state index contributed by atoms with van der Waals surface area (Å²) < 4.78 is 67.6. The van der Waals surface area contributed by atoms with Gasteiger partial charge in [-0.05, 0) is 25.7 Å². The second-order valence-corrected chi connectivity index (χ2v) is 10.3. The first-order chi connectivity index (χ1) is 14.1. The number of alkyl halides is 3. The number of ether oxygens (including phenoxy) is 1. The summed E-state index contributed by atoms with van der Waals surface area (Å²) in [5, 5.41) is 16.0. The molecule has 30 heavy (non-hydrogen) atoms. The zero-order valence-electron chi connectivity index (χ0n) is 17.2. The summed E-state index contributed by atoms with van der Waals surface area (Å²) in [6.45, 7) is -0.522. The predicted octanol–water partition coefficient (Wildman–Crippen LogP) is 0.350. The van der Waals surface area contributed by atoms with Gasteiger partial charge in [0, 0.05) is 25.2 Å². The third-order valence-electron chi connectivity index (χ3n) is 5.72. The van der Waals surface area contributed by atoms with Crippen LogP contribution in [0.25, 0.3) is 0 Å². The first-order valence-electron chi connectivity index (χ1n) is 10.5. The van der Waals surface area contributed by atoms with E-state index in [1.54, 1.807) is 0 Å². The van der Waals surface area contributed by atoms with Crippen LogP contribution in [-0.4, -0.2) is 72.0 Å². The molecule has 0 aromatic carbocycles. The van der Waals surface area contributed by atoms with E-state index in [1.807, 2.05) is 0 Å². The number of piperidine rings is 1. The smallest absolute Gasteiger partial charge is 0.411 e. The average molecular weight is 459 g/mol. The molecular weight excluding hydrogens is 425 g/mol. The molecule has 0 aromatic heterocycles. The molecule has 0 bridgehead atoms. The lowest BCUT2D eigenvalue weighted by molar-refractivity contribution is -0.199. The van der Waals surface area contributed by atoms with Crippen molar-refractivity contribution in [2.75, 3.05) is 26.0 Å². The SMILES string of the molecule is C[S+](=O)([O-])N1CCC(NC2NC(NC3CCCCC3)NC(OCC(F)(F)F)N2)CC1. The van der Waals surface area contributed by atoms with Gasteiger partial charge in [0.15, 0.2) is 6.35 Å². The van der Waals surface area contributed by atoms with Crippen LogP contribution in [0.4, 0.5) is 13.2 Å². The van der Waals surface area contributed by atoms with E-state index in [0.29, 0.717) is 32.0 Å². The third kappa shape index (κ3) is 7.95. The van der Waals surface area contributed by atoms with Gasteiger partial charge in [-0.1, -0.05) is 23.5 Å². The van der Waals surface area contributed by atoms with Crippen molar-refractivity contribution in [3.05, 3.63) is 0 Å². The lowest BCUT2D eigenvalue weighted by Crippen LogP contribution is -2.76. The molecule has 0 aromatic rings. The Kier molecular flexibility index (Phi) is 8.49. The van der Waals surface area contributed by atoms with Gasteiger partial charge >= 0.3 is 6.18 Å². The van der Waals surface area contributed by atoms with E-state index in [2.05, 4.69) is 26.6 Å².